The van der Waals surface area contributed by atoms with E-state index in [-0.39, 0.29) is 11.8 Å². The first-order valence-corrected chi connectivity index (χ1v) is 7.91. The van der Waals surface area contributed by atoms with Crippen molar-refractivity contribution in [2.75, 3.05) is 38.7 Å². The van der Waals surface area contributed by atoms with Crippen molar-refractivity contribution >= 4 is 11.6 Å². The van der Waals surface area contributed by atoms with E-state index in [1.165, 1.54) is 0 Å². The number of amides is 1. The standard InChI is InChI=1S/C17H24N2O2/c1-19(12-13-7-10-21-11-8-13)17(20)15-6-9-18-16-5-3-2-4-14(15)16/h2-5,13,15,18H,6-12H2,1H3. The minimum absolute atomic E-state index is 0.00675. The van der Waals surface area contributed by atoms with E-state index in [0.29, 0.717) is 5.92 Å². The smallest absolute Gasteiger partial charge is 0.230 e. The van der Waals surface area contributed by atoms with Crippen molar-refractivity contribution in [1.29, 1.82) is 0 Å². The van der Waals surface area contributed by atoms with Gasteiger partial charge in [0.1, 0.15) is 0 Å². The highest BCUT2D eigenvalue weighted by Crippen LogP contribution is 2.32. The summed E-state index contributed by atoms with van der Waals surface area (Å²) in [5.74, 6) is 0.854. The predicted molar refractivity (Wildman–Crippen MR) is 83.5 cm³/mol. The zero-order chi connectivity index (χ0) is 14.7. The maximum atomic E-state index is 12.8. The third kappa shape index (κ3) is 3.21. The highest BCUT2D eigenvalue weighted by atomic mass is 16.5. The molecule has 1 aromatic carbocycles. The first kappa shape index (κ1) is 14.4. The van der Waals surface area contributed by atoms with Gasteiger partial charge in [-0.05, 0) is 36.8 Å². The number of fused-ring (bicyclic) bond motifs is 1. The van der Waals surface area contributed by atoms with Gasteiger partial charge in [-0.15, -0.1) is 0 Å². The lowest BCUT2D eigenvalue weighted by molar-refractivity contribution is -0.132. The van der Waals surface area contributed by atoms with Crippen molar-refractivity contribution < 1.29 is 9.53 Å². The lowest BCUT2D eigenvalue weighted by Crippen LogP contribution is -2.38. The van der Waals surface area contributed by atoms with Crippen LogP contribution in [0.25, 0.3) is 0 Å². The molecule has 0 aromatic heterocycles. The quantitative estimate of drug-likeness (QED) is 0.929. The number of carbonyl (C=O) groups excluding carboxylic acids is 1. The molecule has 21 heavy (non-hydrogen) atoms. The number of anilines is 1. The van der Waals surface area contributed by atoms with Gasteiger partial charge in [-0.2, -0.15) is 0 Å². The fraction of sp³-hybridized carbons (Fsp3) is 0.588. The van der Waals surface area contributed by atoms with Gasteiger partial charge < -0.3 is 15.0 Å². The van der Waals surface area contributed by atoms with Crippen LogP contribution in [-0.4, -0.2) is 44.2 Å². The Bertz CT molecular complexity index is 497. The molecule has 1 unspecified atom stereocenters. The maximum absolute atomic E-state index is 12.8. The lowest BCUT2D eigenvalue weighted by Gasteiger charge is -2.32. The van der Waals surface area contributed by atoms with Crippen molar-refractivity contribution in [3.05, 3.63) is 29.8 Å². The van der Waals surface area contributed by atoms with Crippen molar-refractivity contribution in [2.45, 2.75) is 25.2 Å². The van der Waals surface area contributed by atoms with Gasteiger partial charge in [-0.3, -0.25) is 4.79 Å². The van der Waals surface area contributed by atoms with Crippen LogP contribution in [0, 0.1) is 5.92 Å². The fourth-order valence-electron chi connectivity index (χ4n) is 3.40. The van der Waals surface area contributed by atoms with Crippen molar-refractivity contribution in [2.24, 2.45) is 5.92 Å². The molecule has 1 aromatic rings. The van der Waals surface area contributed by atoms with Gasteiger partial charge in [0.2, 0.25) is 5.91 Å². The van der Waals surface area contributed by atoms with Gasteiger partial charge in [-0.25, -0.2) is 0 Å². The molecule has 0 spiro atoms. The third-order valence-electron chi connectivity index (χ3n) is 4.63. The van der Waals surface area contributed by atoms with Gasteiger partial charge in [0.05, 0.1) is 5.92 Å². The summed E-state index contributed by atoms with van der Waals surface area (Å²) >= 11 is 0. The van der Waals surface area contributed by atoms with Crippen LogP contribution >= 0.6 is 0 Å². The average Bonchev–Trinajstić information content (AvgIpc) is 2.54. The predicted octanol–water partition coefficient (Wildman–Crippen LogP) is 2.47. The van der Waals surface area contributed by atoms with E-state index in [1.54, 1.807) is 0 Å². The first-order chi connectivity index (χ1) is 10.3. The number of hydrogen-bond acceptors (Lipinski definition) is 3. The zero-order valence-electron chi connectivity index (χ0n) is 12.7. The van der Waals surface area contributed by atoms with Crippen LogP contribution in [-0.2, 0) is 9.53 Å². The van der Waals surface area contributed by atoms with E-state index in [9.17, 15) is 4.79 Å². The molecule has 4 heteroatoms. The molecule has 1 saturated heterocycles. The molecule has 2 heterocycles. The molecule has 1 atom stereocenters. The topological polar surface area (TPSA) is 41.6 Å². The van der Waals surface area contributed by atoms with Crippen molar-refractivity contribution in [3.8, 4) is 0 Å². The van der Waals surface area contributed by atoms with Crippen LogP contribution < -0.4 is 5.32 Å². The Morgan fingerprint density at radius 1 is 1.29 bits per heavy atom. The number of para-hydroxylation sites is 1. The molecule has 0 aliphatic carbocycles. The van der Waals surface area contributed by atoms with Gasteiger partial charge in [0.15, 0.2) is 0 Å². The molecule has 2 aliphatic rings. The molecule has 2 aliphatic heterocycles. The molecule has 0 bridgehead atoms. The summed E-state index contributed by atoms with van der Waals surface area (Å²) in [6.45, 7) is 3.40. The van der Waals surface area contributed by atoms with E-state index >= 15 is 0 Å². The summed E-state index contributed by atoms with van der Waals surface area (Å²) in [5.41, 5.74) is 2.26. The Hall–Kier alpha value is -1.55. The normalized spacial score (nSPS) is 22.2. The Morgan fingerprint density at radius 3 is 2.86 bits per heavy atom. The minimum atomic E-state index is 0.00675. The van der Waals surface area contributed by atoms with Crippen molar-refractivity contribution in [3.63, 3.8) is 0 Å². The first-order valence-electron chi connectivity index (χ1n) is 7.91. The molecular formula is C17H24N2O2. The highest BCUT2D eigenvalue weighted by molar-refractivity contribution is 5.86. The van der Waals surface area contributed by atoms with Crippen LogP contribution in [0.3, 0.4) is 0 Å². The van der Waals surface area contributed by atoms with E-state index in [2.05, 4.69) is 17.4 Å². The van der Waals surface area contributed by atoms with Crippen LogP contribution in [0.4, 0.5) is 5.69 Å². The van der Waals surface area contributed by atoms with Crippen LogP contribution in [0.5, 0.6) is 0 Å². The Labute approximate surface area is 126 Å². The zero-order valence-corrected chi connectivity index (χ0v) is 12.7. The number of benzene rings is 1. The molecule has 4 nitrogen and oxygen atoms in total. The second-order valence-electron chi connectivity index (χ2n) is 6.13. The Morgan fingerprint density at radius 2 is 2.05 bits per heavy atom. The fourth-order valence-corrected chi connectivity index (χ4v) is 3.40. The van der Waals surface area contributed by atoms with Crippen molar-refractivity contribution in [1.82, 2.24) is 4.90 Å². The Balaban J connectivity index is 1.67. The second kappa shape index (κ2) is 6.48. The number of hydrogen-bond donors (Lipinski definition) is 1. The summed E-state index contributed by atoms with van der Waals surface area (Å²) in [4.78, 5) is 14.7. The summed E-state index contributed by atoms with van der Waals surface area (Å²) in [7, 11) is 1.95. The minimum Gasteiger partial charge on any atom is -0.385 e. The number of rotatable bonds is 3. The lowest BCUT2D eigenvalue weighted by atomic mass is 9.89. The van der Waals surface area contributed by atoms with Gasteiger partial charge in [0.25, 0.3) is 0 Å². The summed E-state index contributed by atoms with van der Waals surface area (Å²) in [5, 5.41) is 3.38. The highest BCUT2D eigenvalue weighted by Gasteiger charge is 2.29. The molecule has 1 N–H and O–H groups in total. The summed E-state index contributed by atoms with van der Waals surface area (Å²) < 4.78 is 5.39. The Kier molecular flexibility index (Phi) is 4.44. The monoisotopic (exact) mass is 288 g/mol. The molecule has 1 amide bonds. The van der Waals surface area contributed by atoms with Crippen LogP contribution in [0.1, 0.15) is 30.7 Å². The van der Waals surface area contributed by atoms with E-state index in [4.69, 9.17) is 4.74 Å². The van der Waals surface area contributed by atoms with E-state index < -0.39 is 0 Å². The summed E-state index contributed by atoms with van der Waals surface area (Å²) in [6, 6.07) is 8.18. The maximum Gasteiger partial charge on any atom is 0.230 e. The number of carbonyl (C=O) groups is 1. The number of nitrogens with zero attached hydrogens (tertiary/aromatic N) is 1. The summed E-state index contributed by atoms with van der Waals surface area (Å²) in [6.07, 6.45) is 3.02. The molecule has 114 valence electrons. The number of ether oxygens (including phenoxy) is 1. The van der Waals surface area contributed by atoms with Gasteiger partial charge in [0, 0.05) is 39.0 Å². The molecule has 1 fully saturated rings. The van der Waals surface area contributed by atoms with E-state index in [1.807, 2.05) is 24.1 Å². The van der Waals surface area contributed by atoms with Gasteiger partial charge >= 0.3 is 0 Å². The average molecular weight is 288 g/mol. The van der Waals surface area contributed by atoms with Gasteiger partial charge in [-0.1, -0.05) is 18.2 Å². The SMILES string of the molecule is CN(CC1CCOCC1)C(=O)C1CCNc2ccccc21. The number of nitrogens with one attached hydrogen (secondary N) is 1. The molecule has 0 saturated carbocycles. The van der Waals surface area contributed by atoms with E-state index in [0.717, 1.165) is 56.8 Å². The third-order valence-corrected chi connectivity index (χ3v) is 4.63. The van der Waals surface area contributed by atoms with Crippen LogP contribution in [0.2, 0.25) is 0 Å². The largest absolute Gasteiger partial charge is 0.385 e. The molecule has 0 radical (unpaired) electrons. The number of likely N-dealkylation sites (N-methyl/N-ethyl adjacent to an activating group) is 1. The molecule has 3 rings (SSSR count). The molecular weight excluding hydrogens is 264 g/mol. The van der Waals surface area contributed by atoms with Crippen LogP contribution in [0.15, 0.2) is 24.3 Å². The second-order valence-corrected chi connectivity index (χ2v) is 6.13.